The molecule has 0 aliphatic carbocycles. The summed E-state index contributed by atoms with van der Waals surface area (Å²) < 4.78 is 38.7. The van der Waals surface area contributed by atoms with Crippen LogP contribution in [0.25, 0.3) is 11.3 Å². The van der Waals surface area contributed by atoms with Crippen molar-refractivity contribution >= 4 is 5.95 Å². The van der Waals surface area contributed by atoms with E-state index >= 15 is 0 Å². The highest BCUT2D eigenvalue weighted by Gasteiger charge is 2.30. The molecule has 0 bridgehead atoms. The van der Waals surface area contributed by atoms with Crippen molar-refractivity contribution in [2.45, 2.75) is 25.7 Å². The van der Waals surface area contributed by atoms with Gasteiger partial charge in [-0.2, -0.15) is 13.2 Å². The van der Waals surface area contributed by atoms with E-state index in [-0.39, 0.29) is 11.5 Å². The summed E-state index contributed by atoms with van der Waals surface area (Å²) in [4.78, 5) is 25.2. The second kappa shape index (κ2) is 7.32. The van der Waals surface area contributed by atoms with Crippen molar-refractivity contribution in [3.05, 3.63) is 75.3 Å². The topological polar surface area (TPSA) is 87.9 Å². The first kappa shape index (κ1) is 19.1. The SMILES string of the molecule is Nc1nc2c(c(=O)[nH]1)CN(Cc1ccc(-c3cccc(C(F)(F)F)c3)nc1)CC2. The van der Waals surface area contributed by atoms with E-state index in [9.17, 15) is 18.0 Å². The van der Waals surface area contributed by atoms with Gasteiger partial charge in [0.05, 0.1) is 22.5 Å². The predicted octanol–water partition coefficient (Wildman–Crippen LogP) is 2.99. The van der Waals surface area contributed by atoms with Gasteiger partial charge in [0.2, 0.25) is 5.95 Å². The number of aromatic nitrogens is 3. The smallest absolute Gasteiger partial charge is 0.369 e. The number of hydrogen-bond donors (Lipinski definition) is 2. The molecule has 3 heterocycles. The molecule has 150 valence electrons. The van der Waals surface area contributed by atoms with Gasteiger partial charge in [0.15, 0.2) is 0 Å². The highest BCUT2D eigenvalue weighted by Crippen LogP contribution is 2.31. The number of halogens is 3. The van der Waals surface area contributed by atoms with Gasteiger partial charge >= 0.3 is 6.18 Å². The number of nitrogens with one attached hydrogen (secondary N) is 1. The van der Waals surface area contributed by atoms with Gasteiger partial charge in [-0.1, -0.05) is 18.2 Å². The molecule has 4 rings (SSSR count). The minimum absolute atomic E-state index is 0.122. The number of benzene rings is 1. The standard InChI is InChI=1S/C20H18F3N5O/c21-20(22,23)14-3-1-2-13(8-14)16-5-4-12(9-25-16)10-28-7-6-17-15(11-28)18(29)27-19(24)26-17/h1-5,8-9H,6-7,10-11H2,(H3,24,26,27,29). The quantitative estimate of drug-likeness (QED) is 0.705. The van der Waals surface area contributed by atoms with Crippen LogP contribution in [-0.2, 0) is 25.7 Å². The number of nitrogens with zero attached hydrogens (tertiary/aromatic N) is 3. The van der Waals surface area contributed by atoms with Crippen LogP contribution in [0, 0.1) is 0 Å². The molecule has 1 aliphatic rings. The van der Waals surface area contributed by atoms with Crippen LogP contribution in [0.2, 0.25) is 0 Å². The van der Waals surface area contributed by atoms with Gasteiger partial charge in [0.1, 0.15) is 0 Å². The Balaban J connectivity index is 1.49. The second-order valence-electron chi connectivity index (χ2n) is 6.97. The molecule has 0 spiro atoms. The van der Waals surface area contributed by atoms with Gasteiger partial charge in [-0.25, -0.2) is 4.98 Å². The summed E-state index contributed by atoms with van der Waals surface area (Å²) in [5.74, 6) is 0.122. The molecule has 1 aromatic carbocycles. The summed E-state index contributed by atoms with van der Waals surface area (Å²) in [5, 5.41) is 0. The lowest BCUT2D eigenvalue weighted by Crippen LogP contribution is -2.35. The number of anilines is 1. The Bertz CT molecular complexity index is 1090. The van der Waals surface area contributed by atoms with Crippen molar-refractivity contribution in [3.63, 3.8) is 0 Å². The van der Waals surface area contributed by atoms with Gasteiger partial charge in [-0.05, 0) is 23.8 Å². The van der Waals surface area contributed by atoms with Crippen LogP contribution in [0.3, 0.4) is 0 Å². The largest absolute Gasteiger partial charge is 0.416 e. The third-order valence-corrected chi connectivity index (χ3v) is 4.88. The molecule has 6 nitrogen and oxygen atoms in total. The average Bonchev–Trinajstić information content (AvgIpc) is 2.68. The molecule has 1 aliphatic heterocycles. The number of aromatic amines is 1. The van der Waals surface area contributed by atoms with Crippen LogP contribution in [0.1, 0.15) is 22.4 Å². The first-order valence-corrected chi connectivity index (χ1v) is 9.02. The molecule has 0 fully saturated rings. The lowest BCUT2D eigenvalue weighted by molar-refractivity contribution is -0.137. The number of nitrogen functional groups attached to an aromatic ring is 1. The van der Waals surface area contributed by atoms with Gasteiger partial charge < -0.3 is 5.73 Å². The maximum Gasteiger partial charge on any atom is 0.416 e. The van der Waals surface area contributed by atoms with E-state index in [0.717, 1.165) is 29.9 Å². The van der Waals surface area contributed by atoms with Crippen LogP contribution in [0.4, 0.5) is 19.1 Å². The molecule has 0 atom stereocenters. The molecule has 0 radical (unpaired) electrons. The summed E-state index contributed by atoms with van der Waals surface area (Å²) in [7, 11) is 0. The van der Waals surface area contributed by atoms with Gasteiger partial charge in [-0.15, -0.1) is 0 Å². The highest BCUT2D eigenvalue weighted by molar-refractivity contribution is 5.60. The van der Waals surface area contributed by atoms with Crippen molar-refractivity contribution in [2.75, 3.05) is 12.3 Å². The molecule has 0 saturated carbocycles. The average molecular weight is 401 g/mol. The fourth-order valence-corrected chi connectivity index (χ4v) is 3.44. The van der Waals surface area contributed by atoms with Crippen LogP contribution >= 0.6 is 0 Å². The molecule has 0 unspecified atom stereocenters. The maximum absolute atomic E-state index is 12.9. The van der Waals surface area contributed by atoms with Crippen LogP contribution in [0.15, 0.2) is 47.4 Å². The minimum atomic E-state index is -4.39. The predicted molar refractivity (Wildman–Crippen MR) is 102 cm³/mol. The van der Waals surface area contributed by atoms with Crippen molar-refractivity contribution < 1.29 is 13.2 Å². The van der Waals surface area contributed by atoms with Crippen LogP contribution in [0.5, 0.6) is 0 Å². The fourth-order valence-electron chi connectivity index (χ4n) is 3.44. The number of rotatable bonds is 3. The Labute approximate surface area is 164 Å². The molecule has 29 heavy (non-hydrogen) atoms. The first-order chi connectivity index (χ1) is 13.8. The van der Waals surface area contributed by atoms with E-state index in [4.69, 9.17) is 5.73 Å². The van der Waals surface area contributed by atoms with Crippen LogP contribution < -0.4 is 11.3 Å². The Morgan fingerprint density at radius 2 is 2.03 bits per heavy atom. The monoisotopic (exact) mass is 401 g/mol. The van der Waals surface area contributed by atoms with E-state index in [1.165, 1.54) is 6.07 Å². The molecular formula is C20H18F3N5O. The molecule has 0 saturated heterocycles. The molecular weight excluding hydrogens is 383 g/mol. The van der Waals surface area contributed by atoms with Gasteiger partial charge in [-0.3, -0.25) is 19.7 Å². The molecule has 2 aromatic heterocycles. The lowest BCUT2D eigenvalue weighted by Gasteiger charge is -2.27. The highest BCUT2D eigenvalue weighted by atomic mass is 19.4. The second-order valence-corrected chi connectivity index (χ2v) is 6.97. The Morgan fingerprint density at radius 3 is 2.76 bits per heavy atom. The van der Waals surface area contributed by atoms with Crippen molar-refractivity contribution in [3.8, 4) is 11.3 Å². The van der Waals surface area contributed by atoms with Crippen molar-refractivity contribution in [1.29, 1.82) is 0 Å². The summed E-state index contributed by atoms with van der Waals surface area (Å²) >= 11 is 0. The summed E-state index contributed by atoms with van der Waals surface area (Å²) in [6, 6.07) is 8.65. The maximum atomic E-state index is 12.9. The number of pyridine rings is 1. The lowest BCUT2D eigenvalue weighted by atomic mass is 10.1. The van der Waals surface area contributed by atoms with Crippen molar-refractivity contribution in [2.24, 2.45) is 0 Å². The first-order valence-electron chi connectivity index (χ1n) is 9.02. The molecule has 3 N–H and O–H groups in total. The number of H-pyrrole nitrogens is 1. The minimum Gasteiger partial charge on any atom is -0.369 e. The summed E-state index contributed by atoms with van der Waals surface area (Å²) in [5.41, 5.74) is 7.78. The Hall–Kier alpha value is -3.20. The molecule has 0 amide bonds. The summed E-state index contributed by atoms with van der Waals surface area (Å²) in [6.07, 6.45) is -2.12. The normalized spacial score (nSPS) is 14.6. The van der Waals surface area contributed by atoms with Crippen LogP contribution in [-0.4, -0.2) is 26.4 Å². The summed E-state index contributed by atoms with van der Waals surface area (Å²) in [6.45, 7) is 1.74. The van der Waals surface area contributed by atoms with E-state index in [0.29, 0.717) is 36.3 Å². The number of fused-ring (bicyclic) bond motifs is 1. The zero-order valence-corrected chi connectivity index (χ0v) is 15.3. The van der Waals surface area contributed by atoms with E-state index in [1.54, 1.807) is 18.3 Å². The van der Waals surface area contributed by atoms with E-state index in [2.05, 4.69) is 19.9 Å². The Morgan fingerprint density at radius 1 is 1.21 bits per heavy atom. The van der Waals surface area contributed by atoms with Gasteiger partial charge in [0, 0.05) is 37.8 Å². The molecule has 3 aromatic rings. The fraction of sp³-hybridized carbons (Fsp3) is 0.250. The van der Waals surface area contributed by atoms with Crippen molar-refractivity contribution in [1.82, 2.24) is 19.9 Å². The van der Waals surface area contributed by atoms with E-state index in [1.807, 2.05) is 6.07 Å². The number of hydrogen-bond acceptors (Lipinski definition) is 5. The third kappa shape index (κ3) is 4.14. The Kier molecular flexibility index (Phi) is 4.83. The number of nitrogens with two attached hydrogens (primary N) is 1. The zero-order chi connectivity index (χ0) is 20.6. The van der Waals surface area contributed by atoms with E-state index < -0.39 is 11.7 Å². The van der Waals surface area contributed by atoms with Gasteiger partial charge in [0.25, 0.3) is 5.56 Å². The number of alkyl halides is 3. The zero-order valence-electron chi connectivity index (χ0n) is 15.3. The molecule has 9 heteroatoms. The third-order valence-electron chi connectivity index (χ3n) is 4.88.